The summed E-state index contributed by atoms with van der Waals surface area (Å²) in [5.74, 6) is 1.59. The van der Waals surface area contributed by atoms with Gasteiger partial charge in [0, 0.05) is 53.3 Å². The number of aromatic nitrogens is 1. The number of aromatic hydroxyl groups is 1. The molecule has 2 N–H and O–H groups in total. The Morgan fingerprint density at radius 1 is 1.13 bits per heavy atom. The van der Waals surface area contributed by atoms with Crippen molar-refractivity contribution in [2.24, 2.45) is 0 Å². The lowest BCUT2D eigenvalue weighted by atomic mass is 9.95. The average molecular weight is 536 g/mol. The van der Waals surface area contributed by atoms with Gasteiger partial charge in [-0.25, -0.2) is 0 Å². The fraction of sp³-hybridized carbons (Fsp3) is 0.367. The molecule has 5 rings (SSSR count). The monoisotopic (exact) mass is 535 g/mol. The predicted octanol–water partition coefficient (Wildman–Crippen LogP) is 6.13. The van der Waals surface area contributed by atoms with Gasteiger partial charge >= 0.3 is 0 Å². The SMILES string of the molecule is CCCN(CC)CCOc1cc2cc(C(=O)N3C[C@@H](CCl)c4c3cc(O)c3ccccc43)[nH]c2cc1OC. The van der Waals surface area contributed by atoms with Crippen LogP contribution in [0.4, 0.5) is 5.69 Å². The van der Waals surface area contributed by atoms with E-state index in [1.807, 2.05) is 42.5 Å². The zero-order valence-corrected chi connectivity index (χ0v) is 22.8. The number of alkyl halides is 1. The Kier molecular flexibility index (Phi) is 7.68. The van der Waals surface area contributed by atoms with Crippen LogP contribution < -0.4 is 14.4 Å². The highest BCUT2D eigenvalue weighted by Gasteiger charge is 2.35. The van der Waals surface area contributed by atoms with Crippen molar-refractivity contribution < 1.29 is 19.4 Å². The third-order valence-electron chi connectivity index (χ3n) is 7.36. The number of anilines is 1. The molecule has 0 saturated carbocycles. The number of fused-ring (bicyclic) bond motifs is 4. The van der Waals surface area contributed by atoms with E-state index in [1.165, 1.54) is 0 Å². The van der Waals surface area contributed by atoms with Crippen molar-refractivity contribution in [3.8, 4) is 17.2 Å². The normalized spacial score (nSPS) is 15.0. The van der Waals surface area contributed by atoms with Crippen LogP contribution in [0.25, 0.3) is 21.7 Å². The van der Waals surface area contributed by atoms with Crippen molar-refractivity contribution in [1.29, 1.82) is 0 Å². The molecule has 2 heterocycles. The van der Waals surface area contributed by atoms with Gasteiger partial charge < -0.3 is 29.4 Å². The molecule has 0 unspecified atom stereocenters. The van der Waals surface area contributed by atoms with Crippen LogP contribution in [0.3, 0.4) is 0 Å². The van der Waals surface area contributed by atoms with E-state index in [0.717, 1.165) is 53.3 Å². The number of aromatic amines is 1. The van der Waals surface area contributed by atoms with Crippen LogP contribution in [0.15, 0.2) is 48.5 Å². The van der Waals surface area contributed by atoms with Crippen LogP contribution in [0.2, 0.25) is 0 Å². The van der Waals surface area contributed by atoms with Crippen molar-refractivity contribution in [1.82, 2.24) is 9.88 Å². The Hall–Kier alpha value is -3.42. The second kappa shape index (κ2) is 11.1. The summed E-state index contributed by atoms with van der Waals surface area (Å²) in [5.41, 5.74) is 2.94. The summed E-state index contributed by atoms with van der Waals surface area (Å²) in [6, 6.07) is 15.0. The summed E-state index contributed by atoms with van der Waals surface area (Å²) in [5, 5.41) is 13.3. The molecule has 0 radical (unpaired) electrons. The van der Waals surface area contributed by atoms with Gasteiger partial charge in [0.2, 0.25) is 0 Å². The average Bonchev–Trinajstić information content (AvgIpc) is 3.53. The molecule has 0 aliphatic carbocycles. The van der Waals surface area contributed by atoms with Gasteiger partial charge in [-0.15, -0.1) is 11.6 Å². The van der Waals surface area contributed by atoms with E-state index in [2.05, 4.69) is 23.7 Å². The third kappa shape index (κ3) is 4.76. The van der Waals surface area contributed by atoms with Crippen LogP contribution in [-0.2, 0) is 0 Å². The van der Waals surface area contributed by atoms with Crippen molar-refractivity contribution in [2.45, 2.75) is 26.2 Å². The zero-order valence-electron chi connectivity index (χ0n) is 22.1. The molecule has 1 amide bonds. The molecular formula is C30H34ClN3O4. The summed E-state index contributed by atoms with van der Waals surface area (Å²) in [6.45, 7) is 8.18. The molecule has 0 fully saturated rings. The second-order valence-electron chi connectivity index (χ2n) is 9.70. The van der Waals surface area contributed by atoms with Gasteiger partial charge in [0.15, 0.2) is 11.5 Å². The number of hydrogen-bond donors (Lipinski definition) is 2. The topological polar surface area (TPSA) is 78.0 Å². The minimum atomic E-state index is -0.177. The maximum absolute atomic E-state index is 13.8. The molecule has 1 atom stereocenters. The smallest absolute Gasteiger partial charge is 0.274 e. The first kappa shape index (κ1) is 26.2. The number of phenolic OH excluding ortho intramolecular Hbond substituents is 1. The van der Waals surface area contributed by atoms with Gasteiger partial charge in [-0.2, -0.15) is 0 Å². The van der Waals surface area contributed by atoms with Crippen LogP contribution in [0, 0.1) is 0 Å². The maximum atomic E-state index is 13.8. The molecule has 0 bridgehead atoms. The molecule has 0 spiro atoms. The third-order valence-corrected chi connectivity index (χ3v) is 7.74. The molecule has 200 valence electrons. The molecule has 8 heteroatoms. The Bertz CT molecular complexity index is 1470. The maximum Gasteiger partial charge on any atom is 0.274 e. The summed E-state index contributed by atoms with van der Waals surface area (Å²) >= 11 is 6.36. The number of ether oxygens (including phenoxy) is 2. The number of methoxy groups -OCH3 is 1. The number of hydrogen-bond acceptors (Lipinski definition) is 5. The highest BCUT2D eigenvalue weighted by Crippen LogP contribution is 2.45. The Morgan fingerprint density at radius 2 is 1.92 bits per heavy atom. The van der Waals surface area contributed by atoms with Crippen molar-refractivity contribution in [3.05, 3.63) is 59.8 Å². The van der Waals surface area contributed by atoms with Crippen molar-refractivity contribution in [3.63, 3.8) is 0 Å². The van der Waals surface area contributed by atoms with E-state index in [0.29, 0.717) is 41.9 Å². The number of benzene rings is 3. The van der Waals surface area contributed by atoms with Crippen LogP contribution >= 0.6 is 11.6 Å². The van der Waals surface area contributed by atoms with E-state index >= 15 is 0 Å². The number of amides is 1. The summed E-state index contributed by atoms with van der Waals surface area (Å²) in [4.78, 5) is 21.1. The van der Waals surface area contributed by atoms with Crippen molar-refractivity contribution in [2.75, 3.05) is 50.7 Å². The summed E-state index contributed by atoms with van der Waals surface area (Å²) in [7, 11) is 1.61. The minimum absolute atomic E-state index is 0.0269. The lowest BCUT2D eigenvalue weighted by Crippen LogP contribution is -2.30. The van der Waals surface area contributed by atoms with Crippen LogP contribution in [-0.4, -0.2) is 66.7 Å². The lowest BCUT2D eigenvalue weighted by Gasteiger charge is -2.20. The molecule has 3 aromatic carbocycles. The van der Waals surface area contributed by atoms with Gasteiger partial charge in [0.25, 0.3) is 5.91 Å². The fourth-order valence-electron chi connectivity index (χ4n) is 5.45. The van der Waals surface area contributed by atoms with E-state index < -0.39 is 0 Å². The molecule has 1 aliphatic heterocycles. The van der Waals surface area contributed by atoms with Crippen LogP contribution in [0.1, 0.15) is 42.2 Å². The van der Waals surface area contributed by atoms with E-state index in [4.69, 9.17) is 21.1 Å². The summed E-state index contributed by atoms with van der Waals surface area (Å²) in [6.07, 6.45) is 1.10. The van der Waals surface area contributed by atoms with Crippen LogP contribution in [0.5, 0.6) is 17.2 Å². The number of carbonyl (C=O) groups is 1. The molecule has 4 aromatic rings. The first-order chi connectivity index (χ1) is 18.5. The van der Waals surface area contributed by atoms with Gasteiger partial charge in [-0.3, -0.25) is 4.79 Å². The zero-order chi connectivity index (χ0) is 26.8. The molecule has 38 heavy (non-hydrogen) atoms. The lowest BCUT2D eigenvalue weighted by molar-refractivity contribution is 0.0984. The van der Waals surface area contributed by atoms with Gasteiger partial charge in [0.1, 0.15) is 18.1 Å². The van der Waals surface area contributed by atoms with E-state index in [1.54, 1.807) is 18.1 Å². The molecule has 0 saturated heterocycles. The Labute approximate surface area is 227 Å². The number of carbonyl (C=O) groups excluding carboxylic acids is 1. The number of likely N-dealkylation sites (N-methyl/N-ethyl adjacent to an activating group) is 1. The molecular weight excluding hydrogens is 502 g/mol. The number of nitrogens with zero attached hydrogens (tertiary/aromatic N) is 2. The summed E-state index contributed by atoms with van der Waals surface area (Å²) < 4.78 is 11.7. The Morgan fingerprint density at radius 3 is 2.63 bits per heavy atom. The molecule has 1 aromatic heterocycles. The minimum Gasteiger partial charge on any atom is -0.507 e. The number of rotatable bonds is 10. The standard InChI is InChI=1S/C30H34ClN3O4/c1-4-10-33(5-2)11-12-38-28-14-19-13-24(32-23(19)15-27(28)37-3)30(36)34-18-20(17-31)29-22-9-7-6-8-21(22)26(35)16-25(29)34/h6-9,13-16,20,32,35H,4-5,10-12,17-18H2,1-3H3/t20-/m1/s1. The van der Waals surface area contributed by atoms with E-state index in [-0.39, 0.29) is 17.6 Å². The Balaban J connectivity index is 1.44. The number of halogens is 1. The van der Waals surface area contributed by atoms with Gasteiger partial charge in [-0.05, 0) is 42.6 Å². The fourth-order valence-corrected chi connectivity index (χ4v) is 5.70. The first-order valence-corrected chi connectivity index (χ1v) is 13.7. The van der Waals surface area contributed by atoms with Gasteiger partial charge in [0.05, 0.1) is 12.8 Å². The highest BCUT2D eigenvalue weighted by molar-refractivity contribution is 6.19. The largest absolute Gasteiger partial charge is 0.507 e. The highest BCUT2D eigenvalue weighted by atomic mass is 35.5. The predicted molar refractivity (Wildman–Crippen MR) is 154 cm³/mol. The van der Waals surface area contributed by atoms with E-state index in [9.17, 15) is 9.90 Å². The first-order valence-electron chi connectivity index (χ1n) is 13.2. The number of phenols is 1. The number of nitrogens with one attached hydrogen (secondary N) is 1. The molecule has 1 aliphatic rings. The molecule has 7 nitrogen and oxygen atoms in total. The van der Waals surface area contributed by atoms with Gasteiger partial charge in [-0.1, -0.05) is 38.1 Å². The number of H-pyrrole nitrogens is 1. The second-order valence-corrected chi connectivity index (χ2v) is 10.0. The van der Waals surface area contributed by atoms with Crippen molar-refractivity contribution >= 4 is 44.9 Å². The quantitative estimate of drug-likeness (QED) is 0.239.